The molecule has 0 aliphatic carbocycles. The highest BCUT2D eigenvalue weighted by molar-refractivity contribution is 7.07. The zero-order valence-corrected chi connectivity index (χ0v) is 20.5. The van der Waals surface area contributed by atoms with E-state index in [2.05, 4.69) is 6.07 Å². The number of likely N-dealkylation sites (tertiary alicyclic amines) is 1. The Hall–Kier alpha value is -2.85. The third-order valence-corrected chi connectivity index (χ3v) is 7.25. The average Bonchev–Trinajstić information content (AvgIpc) is 3.40. The number of benzene rings is 2. The maximum absolute atomic E-state index is 13.6. The molecule has 1 amide bonds. The van der Waals surface area contributed by atoms with E-state index in [-0.39, 0.29) is 17.0 Å². The minimum absolute atomic E-state index is 0.0270. The smallest absolute Gasteiger partial charge is 0.273 e. The predicted octanol–water partition coefficient (Wildman–Crippen LogP) is 3.95. The van der Waals surface area contributed by atoms with Crippen LogP contribution in [0.3, 0.4) is 0 Å². The summed E-state index contributed by atoms with van der Waals surface area (Å²) in [4.78, 5) is 28.5. The van der Waals surface area contributed by atoms with Crippen LogP contribution in [0.25, 0.3) is 17.3 Å². The fourth-order valence-electron chi connectivity index (χ4n) is 3.95. The van der Waals surface area contributed by atoms with E-state index < -0.39 is 0 Å². The number of amides is 1. The molecule has 33 heavy (non-hydrogen) atoms. The van der Waals surface area contributed by atoms with Gasteiger partial charge in [0.25, 0.3) is 11.5 Å². The Morgan fingerprint density at radius 3 is 2.48 bits per heavy atom. The summed E-state index contributed by atoms with van der Waals surface area (Å²) in [6.45, 7) is 5.11. The van der Waals surface area contributed by atoms with Crippen molar-refractivity contribution >= 4 is 52.1 Å². The number of aryl methyl sites for hydroxylation is 2. The van der Waals surface area contributed by atoms with Gasteiger partial charge in [0, 0.05) is 23.1 Å². The summed E-state index contributed by atoms with van der Waals surface area (Å²) >= 11 is 13.4. The van der Waals surface area contributed by atoms with Gasteiger partial charge in [-0.15, -0.1) is 11.3 Å². The molecule has 5 nitrogen and oxygen atoms in total. The van der Waals surface area contributed by atoms with Crippen LogP contribution in [0.15, 0.2) is 41.2 Å². The molecule has 1 aliphatic rings. The van der Waals surface area contributed by atoms with Gasteiger partial charge in [-0.1, -0.05) is 47.0 Å². The lowest BCUT2D eigenvalue weighted by Crippen LogP contribution is -2.35. The van der Waals surface area contributed by atoms with Crippen molar-refractivity contribution < 1.29 is 4.79 Å². The number of halogens is 2. The van der Waals surface area contributed by atoms with Crippen molar-refractivity contribution in [2.45, 2.75) is 26.7 Å². The van der Waals surface area contributed by atoms with Crippen LogP contribution >= 0.6 is 34.5 Å². The summed E-state index contributed by atoms with van der Waals surface area (Å²) in [5, 5.41) is 10.9. The van der Waals surface area contributed by atoms with Crippen molar-refractivity contribution in [2.24, 2.45) is 0 Å². The summed E-state index contributed by atoms with van der Waals surface area (Å²) < 4.78 is 2.17. The molecule has 0 radical (unpaired) electrons. The lowest BCUT2D eigenvalue weighted by Gasteiger charge is -2.14. The molecule has 0 bridgehead atoms. The number of nitriles is 1. The third kappa shape index (κ3) is 4.63. The first-order valence-corrected chi connectivity index (χ1v) is 12.1. The Balaban J connectivity index is 2.06. The molecule has 0 saturated carbocycles. The molecule has 1 aromatic heterocycles. The minimum atomic E-state index is -0.342. The van der Waals surface area contributed by atoms with Crippen LogP contribution in [-0.2, 0) is 4.79 Å². The van der Waals surface area contributed by atoms with Crippen molar-refractivity contribution in [3.63, 3.8) is 0 Å². The number of rotatable bonds is 3. The summed E-state index contributed by atoms with van der Waals surface area (Å²) in [6.07, 6.45) is 3.49. The topological polar surface area (TPSA) is 66.1 Å². The van der Waals surface area contributed by atoms with Crippen LogP contribution in [0.4, 0.5) is 0 Å². The number of hydrogen-bond acceptors (Lipinski definition) is 4. The fourth-order valence-corrected chi connectivity index (χ4v) is 5.49. The van der Waals surface area contributed by atoms with Crippen molar-refractivity contribution in [2.75, 3.05) is 13.1 Å². The monoisotopic (exact) mass is 497 g/mol. The van der Waals surface area contributed by atoms with Gasteiger partial charge in [-0.25, -0.2) is 0 Å². The van der Waals surface area contributed by atoms with Gasteiger partial charge in [-0.2, -0.15) is 5.26 Å². The van der Waals surface area contributed by atoms with E-state index in [1.54, 1.807) is 29.2 Å². The zero-order valence-electron chi connectivity index (χ0n) is 18.2. The molecule has 0 spiro atoms. The maximum Gasteiger partial charge on any atom is 0.273 e. The number of thiazole rings is 1. The Morgan fingerprint density at radius 1 is 1.12 bits per heavy atom. The van der Waals surface area contributed by atoms with Crippen LogP contribution in [-0.4, -0.2) is 28.5 Å². The largest absolute Gasteiger partial charge is 0.338 e. The molecule has 4 rings (SSSR count). The average molecular weight is 498 g/mol. The van der Waals surface area contributed by atoms with Crippen LogP contribution < -0.4 is 14.8 Å². The summed E-state index contributed by atoms with van der Waals surface area (Å²) in [5.74, 6) is -0.342. The first-order chi connectivity index (χ1) is 15.8. The Morgan fingerprint density at radius 2 is 1.85 bits per heavy atom. The number of nitrogens with zero attached hydrogens (tertiary/aromatic N) is 3. The molecule has 0 N–H and O–H groups in total. The Labute approximate surface area is 205 Å². The number of carbonyl (C=O) groups excluding carboxylic acids is 1. The second kappa shape index (κ2) is 9.56. The van der Waals surface area contributed by atoms with E-state index in [0.29, 0.717) is 43.6 Å². The van der Waals surface area contributed by atoms with Crippen LogP contribution in [0.5, 0.6) is 0 Å². The minimum Gasteiger partial charge on any atom is -0.338 e. The molecule has 0 atom stereocenters. The van der Waals surface area contributed by atoms with Gasteiger partial charge in [-0.3, -0.25) is 14.2 Å². The van der Waals surface area contributed by atoms with Gasteiger partial charge < -0.3 is 4.90 Å². The second-order valence-electron chi connectivity index (χ2n) is 8.00. The van der Waals surface area contributed by atoms with Gasteiger partial charge >= 0.3 is 0 Å². The molecule has 1 saturated heterocycles. The van der Waals surface area contributed by atoms with E-state index in [0.717, 1.165) is 35.3 Å². The van der Waals surface area contributed by atoms with E-state index in [1.165, 1.54) is 4.57 Å². The lowest BCUT2D eigenvalue weighted by atomic mass is 10.1. The molecule has 1 aliphatic heterocycles. The molecule has 1 fully saturated rings. The first-order valence-electron chi connectivity index (χ1n) is 10.5. The molecule has 2 aromatic carbocycles. The predicted molar refractivity (Wildman–Crippen MR) is 134 cm³/mol. The van der Waals surface area contributed by atoms with Crippen molar-refractivity contribution in [1.29, 1.82) is 5.26 Å². The summed E-state index contributed by atoms with van der Waals surface area (Å²) in [7, 11) is 0. The van der Waals surface area contributed by atoms with E-state index in [4.69, 9.17) is 23.2 Å². The molecule has 0 unspecified atom stereocenters. The highest BCUT2D eigenvalue weighted by Gasteiger charge is 2.24. The molecular weight excluding hydrogens is 477 g/mol. The van der Waals surface area contributed by atoms with Gasteiger partial charge in [0.1, 0.15) is 10.7 Å². The SMILES string of the molecule is Cc1ccc(-n2c(=O)/c(=C\c3ccc(Cl)cc3Cl)s/c2=C(/C#N)C(=O)N2CCCC2)c(C)c1. The Kier molecular flexibility index (Phi) is 6.76. The molecule has 3 aromatic rings. The first kappa shape index (κ1) is 23.3. The summed E-state index contributed by atoms with van der Waals surface area (Å²) in [5.41, 5.74) is 2.86. The molecular formula is C25H21Cl2N3O2S. The highest BCUT2D eigenvalue weighted by atomic mass is 35.5. The molecule has 2 heterocycles. The second-order valence-corrected chi connectivity index (χ2v) is 9.87. The van der Waals surface area contributed by atoms with Crippen LogP contribution in [0, 0.1) is 25.2 Å². The zero-order chi connectivity index (χ0) is 23.7. The number of hydrogen-bond donors (Lipinski definition) is 0. The normalized spacial score (nSPS) is 15.0. The maximum atomic E-state index is 13.6. The van der Waals surface area contributed by atoms with Crippen LogP contribution in [0.2, 0.25) is 10.0 Å². The molecule has 8 heteroatoms. The molecule has 168 valence electrons. The van der Waals surface area contributed by atoms with Crippen molar-refractivity contribution in [3.8, 4) is 11.8 Å². The third-order valence-electron chi connectivity index (χ3n) is 5.60. The van der Waals surface area contributed by atoms with E-state index >= 15 is 0 Å². The Bertz CT molecular complexity index is 1470. The van der Waals surface area contributed by atoms with Crippen LogP contribution in [0.1, 0.15) is 29.5 Å². The van der Waals surface area contributed by atoms with Gasteiger partial charge in [0.15, 0.2) is 5.57 Å². The number of aromatic nitrogens is 1. The van der Waals surface area contributed by atoms with Crippen molar-refractivity contribution in [1.82, 2.24) is 9.47 Å². The van der Waals surface area contributed by atoms with Gasteiger partial charge in [0.05, 0.1) is 10.2 Å². The lowest BCUT2D eigenvalue weighted by molar-refractivity contribution is -0.123. The van der Waals surface area contributed by atoms with E-state index in [1.807, 2.05) is 32.0 Å². The quantitative estimate of drug-likeness (QED) is 0.550. The fraction of sp³-hybridized carbons (Fsp3) is 0.240. The van der Waals surface area contributed by atoms with E-state index in [9.17, 15) is 14.9 Å². The summed E-state index contributed by atoms with van der Waals surface area (Å²) in [6, 6.07) is 12.8. The van der Waals surface area contributed by atoms with Crippen molar-refractivity contribution in [3.05, 3.63) is 82.7 Å². The van der Waals surface area contributed by atoms with Gasteiger partial charge in [0.2, 0.25) is 0 Å². The highest BCUT2D eigenvalue weighted by Crippen LogP contribution is 2.21. The van der Waals surface area contributed by atoms with Gasteiger partial charge in [-0.05, 0) is 62.1 Å². The number of carbonyl (C=O) groups is 1. The standard InChI is InChI=1S/C25H21Cl2N3O2S/c1-15-5-8-21(16(2)11-15)30-24(32)22(12-17-6-7-18(26)13-20(17)27)33-25(30)19(14-28)23(31)29-9-3-4-10-29/h5-8,11-13H,3-4,9-10H2,1-2H3/b22-12+,25-19-.